The summed E-state index contributed by atoms with van der Waals surface area (Å²) >= 11 is 3.28. The van der Waals surface area contributed by atoms with Crippen molar-refractivity contribution in [1.82, 2.24) is 0 Å². The Labute approximate surface area is 135 Å². The average molecular weight is 363 g/mol. The molecular weight excluding hydrogens is 352 g/mol. The molecule has 0 radical (unpaired) electrons. The minimum absolute atomic E-state index is 0.516. The maximum absolute atomic E-state index is 12.2. The van der Waals surface area contributed by atoms with Gasteiger partial charge in [-0.05, 0) is 17.7 Å². The van der Waals surface area contributed by atoms with Crippen molar-refractivity contribution < 1.29 is 19.1 Å². The second-order valence-corrected chi connectivity index (χ2v) is 5.72. The molecule has 0 aromatic heterocycles. The van der Waals surface area contributed by atoms with E-state index in [1.54, 1.807) is 24.3 Å². The van der Waals surface area contributed by atoms with Crippen molar-refractivity contribution in [2.75, 3.05) is 14.2 Å². The SMILES string of the molecule is COC(=O)C1(C(=O)OC)C(c2ccc(Br)cc2)C1(C#N)C#N. The Balaban J connectivity index is 2.68. The van der Waals surface area contributed by atoms with E-state index >= 15 is 0 Å². The summed E-state index contributed by atoms with van der Waals surface area (Å²) in [7, 11) is 2.20. The van der Waals surface area contributed by atoms with Crippen LogP contribution >= 0.6 is 15.9 Å². The lowest BCUT2D eigenvalue weighted by Gasteiger charge is -2.12. The third kappa shape index (κ3) is 1.76. The summed E-state index contributed by atoms with van der Waals surface area (Å²) in [6, 6.07) is 10.3. The Bertz CT molecular complexity index is 685. The van der Waals surface area contributed by atoms with Gasteiger partial charge in [0.2, 0.25) is 5.41 Å². The van der Waals surface area contributed by atoms with Gasteiger partial charge in [-0.3, -0.25) is 9.59 Å². The molecule has 0 heterocycles. The Kier molecular flexibility index (Phi) is 3.95. The number of rotatable bonds is 3. The third-order valence-corrected chi connectivity index (χ3v) is 4.50. The van der Waals surface area contributed by atoms with Crippen molar-refractivity contribution in [2.24, 2.45) is 10.8 Å². The van der Waals surface area contributed by atoms with Gasteiger partial charge in [0.25, 0.3) is 0 Å². The molecule has 1 aliphatic carbocycles. The Morgan fingerprint density at radius 3 is 1.91 bits per heavy atom. The first kappa shape index (κ1) is 16.0. The van der Waals surface area contributed by atoms with Gasteiger partial charge in [-0.15, -0.1) is 0 Å². The molecule has 1 aromatic rings. The Morgan fingerprint density at radius 1 is 1.09 bits per heavy atom. The highest BCUT2D eigenvalue weighted by Gasteiger charge is 2.89. The fourth-order valence-corrected chi connectivity index (χ4v) is 3.19. The van der Waals surface area contributed by atoms with Crippen LogP contribution in [-0.2, 0) is 19.1 Å². The first-order valence-electron chi connectivity index (χ1n) is 6.21. The molecule has 1 unspecified atom stereocenters. The van der Waals surface area contributed by atoms with Crippen LogP contribution in [0.25, 0.3) is 0 Å². The summed E-state index contributed by atoms with van der Waals surface area (Å²) in [4.78, 5) is 24.5. The van der Waals surface area contributed by atoms with E-state index in [9.17, 15) is 20.1 Å². The molecule has 1 saturated carbocycles. The number of halogens is 1. The number of benzene rings is 1. The number of esters is 2. The van der Waals surface area contributed by atoms with E-state index in [1.807, 2.05) is 12.1 Å². The van der Waals surface area contributed by atoms with Crippen molar-refractivity contribution in [3.05, 3.63) is 34.3 Å². The van der Waals surface area contributed by atoms with Crippen LogP contribution in [0.4, 0.5) is 0 Å². The fourth-order valence-electron chi connectivity index (χ4n) is 2.92. The van der Waals surface area contributed by atoms with Gasteiger partial charge in [0, 0.05) is 10.4 Å². The molecule has 1 aromatic carbocycles. The summed E-state index contributed by atoms with van der Waals surface area (Å²) < 4.78 is 10.2. The zero-order valence-electron chi connectivity index (χ0n) is 11.8. The van der Waals surface area contributed by atoms with Gasteiger partial charge in [0.1, 0.15) is 0 Å². The summed E-state index contributed by atoms with van der Waals surface area (Å²) in [6.07, 6.45) is 0. The molecule has 0 saturated heterocycles. The lowest BCUT2D eigenvalue weighted by atomic mass is 9.95. The average Bonchev–Trinajstić information content (AvgIpc) is 3.18. The zero-order chi connectivity index (χ0) is 16.5. The molecule has 112 valence electrons. The first-order chi connectivity index (χ1) is 10.5. The number of hydrogen-bond donors (Lipinski definition) is 0. The van der Waals surface area contributed by atoms with Gasteiger partial charge in [-0.2, -0.15) is 10.5 Å². The zero-order valence-corrected chi connectivity index (χ0v) is 13.4. The molecule has 2 rings (SSSR count). The van der Waals surface area contributed by atoms with Gasteiger partial charge in [-0.1, -0.05) is 28.1 Å². The molecule has 0 amide bonds. The molecule has 22 heavy (non-hydrogen) atoms. The minimum atomic E-state index is -1.96. The lowest BCUT2D eigenvalue weighted by molar-refractivity contribution is -0.162. The molecule has 1 atom stereocenters. The number of carbonyl (C=O) groups excluding carboxylic acids is 2. The van der Waals surface area contributed by atoms with Crippen LogP contribution in [0.15, 0.2) is 28.7 Å². The van der Waals surface area contributed by atoms with Crippen molar-refractivity contribution in [2.45, 2.75) is 5.92 Å². The molecule has 0 bridgehead atoms. The lowest BCUT2D eigenvalue weighted by Crippen LogP contribution is -2.34. The maximum atomic E-state index is 12.2. The number of nitriles is 2. The normalized spacial score (nSPS) is 20.1. The van der Waals surface area contributed by atoms with Crippen molar-refractivity contribution in [3.8, 4) is 12.1 Å². The number of ether oxygens (including phenoxy) is 2. The van der Waals surface area contributed by atoms with Crippen molar-refractivity contribution >= 4 is 27.9 Å². The summed E-state index contributed by atoms with van der Waals surface area (Å²) in [5, 5.41) is 18.9. The van der Waals surface area contributed by atoms with Gasteiger partial charge >= 0.3 is 11.9 Å². The molecule has 7 heteroatoms. The first-order valence-corrected chi connectivity index (χ1v) is 7.00. The number of carbonyl (C=O) groups is 2. The number of nitrogens with zero attached hydrogens (tertiary/aromatic N) is 2. The van der Waals surface area contributed by atoms with Crippen molar-refractivity contribution in [3.63, 3.8) is 0 Å². The van der Waals surface area contributed by atoms with Crippen molar-refractivity contribution in [1.29, 1.82) is 10.5 Å². The van der Waals surface area contributed by atoms with E-state index in [0.717, 1.165) is 18.7 Å². The number of hydrogen-bond acceptors (Lipinski definition) is 6. The summed E-state index contributed by atoms with van der Waals surface area (Å²) in [5.74, 6) is -2.84. The largest absolute Gasteiger partial charge is 0.468 e. The highest BCUT2D eigenvalue weighted by molar-refractivity contribution is 9.10. The van der Waals surface area contributed by atoms with E-state index in [2.05, 4.69) is 25.4 Å². The van der Waals surface area contributed by atoms with E-state index in [0.29, 0.717) is 5.56 Å². The van der Waals surface area contributed by atoms with Crippen LogP contribution in [0, 0.1) is 33.5 Å². The summed E-state index contributed by atoms with van der Waals surface area (Å²) in [6.45, 7) is 0. The van der Waals surface area contributed by atoms with Crippen LogP contribution in [-0.4, -0.2) is 26.2 Å². The molecule has 0 spiro atoms. The van der Waals surface area contributed by atoms with E-state index in [-0.39, 0.29) is 0 Å². The van der Waals surface area contributed by atoms with E-state index in [1.165, 1.54) is 0 Å². The predicted octanol–water partition coefficient (Wildman–Crippen LogP) is 1.91. The molecule has 0 aliphatic heterocycles. The standard InChI is InChI=1S/C15H11BrN2O4/c1-21-12(19)15(13(20)22-2)11(14(15,7-17)8-18)9-3-5-10(16)6-4-9/h3-6,11H,1-2H3. The van der Waals surface area contributed by atoms with E-state index in [4.69, 9.17) is 0 Å². The minimum Gasteiger partial charge on any atom is -0.468 e. The third-order valence-electron chi connectivity index (χ3n) is 3.98. The van der Waals surface area contributed by atoms with Crippen LogP contribution in [0.5, 0.6) is 0 Å². The second kappa shape index (κ2) is 5.43. The van der Waals surface area contributed by atoms with Gasteiger partial charge in [0.15, 0.2) is 5.41 Å². The smallest absolute Gasteiger partial charge is 0.326 e. The molecule has 1 fully saturated rings. The molecule has 0 N–H and O–H groups in total. The molecule has 6 nitrogen and oxygen atoms in total. The Morgan fingerprint density at radius 2 is 1.55 bits per heavy atom. The predicted molar refractivity (Wildman–Crippen MR) is 77.0 cm³/mol. The highest BCUT2D eigenvalue weighted by atomic mass is 79.9. The highest BCUT2D eigenvalue weighted by Crippen LogP contribution is 2.74. The molecule has 1 aliphatic rings. The van der Waals surface area contributed by atoms with Crippen LogP contribution in [0.3, 0.4) is 0 Å². The van der Waals surface area contributed by atoms with Crippen LogP contribution < -0.4 is 0 Å². The topological polar surface area (TPSA) is 100 Å². The van der Waals surface area contributed by atoms with Gasteiger partial charge in [0.05, 0.1) is 26.4 Å². The maximum Gasteiger partial charge on any atom is 0.326 e. The summed E-state index contributed by atoms with van der Waals surface area (Å²) in [5.41, 5.74) is -3.29. The number of methoxy groups -OCH3 is 2. The van der Waals surface area contributed by atoms with Gasteiger partial charge in [-0.25, -0.2) is 0 Å². The van der Waals surface area contributed by atoms with E-state index < -0.39 is 28.7 Å². The molecular formula is C15H11BrN2O4. The second-order valence-electron chi connectivity index (χ2n) is 4.81. The fraction of sp³-hybridized carbons (Fsp3) is 0.333. The van der Waals surface area contributed by atoms with Crippen LogP contribution in [0.2, 0.25) is 0 Å². The quantitative estimate of drug-likeness (QED) is 0.601. The Hall–Kier alpha value is -2.38. The van der Waals surface area contributed by atoms with Crippen LogP contribution in [0.1, 0.15) is 11.5 Å². The van der Waals surface area contributed by atoms with Gasteiger partial charge < -0.3 is 9.47 Å². The monoisotopic (exact) mass is 362 g/mol.